The fourth-order valence-corrected chi connectivity index (χ4v) is 2.16. The van der Waals surface area contributed by atoms with E-state index in [9.17, 15) is 4.39 Å². The summed E-state index contributed by atoms with van der Waals surface area (Å²) in [5, 5.41) is 0. The van der Waals surface area contributed by atoms with E-state index in [2.05, 4.69) is 0 Å². The van der Waals surface area contributed by atoms with Gasteiger partial charge in [0.1, 0.15) is 5.82 Å². The van der Waals surface area contributed by atoms with Gasteiger partial charge in [0, 0.05) is 9.79 Å². The smallest absolute Gasteiger partial charge is 0.140 e. The van der Waals surface area contributed by atoms with Gasteiger partial charge in [0.2, 0.25) is 0 Å². The molecular formula is C9H11FS2. The quantitative estimate of drug-likeness (QED) is 0.672. The lowest BCUT2D eigenvalue weighted by molar-refractivity contribution is 0.587. The predicted octanol–water partition coefficient (Wildman–Crippen LogP) is 3.58. The van der Waals surface area contributed by atoms with Crippen molar-refractivity contribution in [2.75, 3.05) is 12.5 Å². The third-order valence-corrected chi connectivity index (χ3v) is 3.38. The van der Waals surface area contributed by atoms with Crippen LogP contribution in [0.3, 0.4) is 0 Å². The average molecular weight is 202 g/mol. The number of thioether (sulfide) groups is 2. The lowest BCUT2D eigenvalue weighted by Crippen LogP contribution is -1.88. The van der Waals surface area contributed by atoms with Crippen LogP contribution in [0.25, 0.3) is 0 Å². The van der Waals surface area contributed by atoms with Crippen LogP contribution in [0, 0.1) is 12.7 Å². The van der Waals surface area contributed by atoms with Gasteiger partial charge < -0.3 is 0 Å². The van der Waals surface area contributed by atoms with Crippen LogP contribution in [0.1, 0.15) is 5.56 Å². The molecule has 1 aromatic rings. The summed E-state index contributed by atoms with van der Waals surface area (Å²) in [7, 11) is 0. The number of halogens is 1. The Bertz CT molecular complexity index is 255. The monoisotopic (exact) mass is 202 g/mol. The van der Waals surface area contributed by atoms with Gasteiger partial charge in [-0.2, -0.15) is 0 Å². The van der Waals surface area contributed by atoms with Crippen molar-refractivity contribution in [2.24, 2.45) is 0 Å². The minimum absolute atomic E-state index is 0.0747. The van der Waals surface area contributed by atoms with E-state index in [1.165, 1.54) is 11.8 Å². The minimum Gasteiger partial charge on any atom is -0.205 e. The molecule has 0 N–H and O–H groups in total. The summed E-state index contributed by atoms with van der Waals surface area (Å²) >= 11 is 3.02. The molecule has 0 saturated carbocycles. The molecule has 0 heterocycles. The first-order valence-corrected chi connectivity index (χ1v) is 6.02. The molecule has 66 valence electrons. The van der Waals surface area contributed by atoms with Crippen molar-refractivity contribution in [2.45, 2.75) is 16.7 Å². The Balaban J connectivity index is 3.20. The predicted molar refractivity (Wildman–Crippen MR) is 54.7 cm³/mol. The Hall–Kier alpha value is -0.150. The highest BCUT2D eigenvalue weighted by atomic mass is 32.2. The van der Waals surface area contributed by atoms with Crippen LogP contribution in [0.5, 0.6) is 0 Å². The lowest BCUT2D eigenvalue weighted by Gasteiger charge is -2.06. The van der Waals surface area contributed by atoms with Crippen LogP contribution in [-0.4, -0.2) is 12.5 Å². The highest BCUT2D eigenvalue weighted by Crippen LogP contribution is 2.28. The first kappa shape index (κ1) is 9.93. The zero-order chi connectivity index (χ0) is 9.14. The summed E-state index contributed by atoms with van der Waals surface area (Å²) in [6.07, 6.45) is 3.84. The van der Waals surface area contributed by atoms with E-state index < -0.39 is 0 Å². The molecule has 0 amide bonds. The summed E-state index contributed by atoms with van der Waals surface area (Å²) in [4.78, 5) is 1.75. The van der Waals surface area contributed by atoms with Crippen LogP contribution < -0.4 is 0 Å². The number of benzene rings is 1. The molecule has 0 aromatic heterocycles. The number of hydrogen-bond donors (Lipinski definition) is 0. The third-order valence-electron chi connectivity index (χ3n) is 1.74. The maximum absolute atomic E-state index is 13.4. The van der Waals surface area contributed by atoms with Gasteiger partial charge in [0.25, 0.3) is 0 Å². The standard InChI is InChI=1S/C9H11FS2/c1-6-7(11-2)4-5-8(12-3)9(6)10/h4-5H,1-3H3. The van der Waals surface area contributed by atoms with Gasteiger partial charge >= 0.3 is 0 Å². The van der Waals surface area contributed by atoms with E-state index in [0.29, 0.717) is 0 Å². The van der Waals surface area contributed by atoms with Crippen LogP contribution in [0.4, 0.5) is 4.39 Å². The molecule has 0 saturated heterocycles. The van der Waals surface area contributed by atoms with E-state index in [0.717, 1.165) is 15.4 Å². The highest BCUT2D eigenvalue weighted by Gasteiger charge is 2.07. The first-order valence-electron chi connectivity index (χ1n) is 3.57. The van der Waals surface area contributed by atoms with Crippen molar-refractivity contribution in [1.82, 2.24) is 0 Å². The average Bonchev–Trinajstić information content (AvgIpc) is 2.10. The summed E-state index contributed by atoms with van der Waals surface area (Å²) in [5.74, 6) is -0.0747. The van der Waals surface area contributed by atoms with Crippen LogP contribution >= 0.6 is 23.5 Å². The Morgan fingerprint density at radius 2 is 1.58 bits per heavy atom. The third kappa shape index (κ3) is 1.77. The molecule has 12 heavy (non-hydrogen) atoms. The molecule has 1 rings (SSSR count). The summed E-state index contributed by atoms with van der Waals surface area (Å²) in [5.41, 5.74) is 0.759. The molecule has 0 nitrogen and oxygen atoms in total. The molecule has 3 heteroatoms. The highest BCUT2D eigenvalue weighted by molar-refractivity contribution is 7.99. The van der Waals surface area contributed by atoms with E-state index in [4.69, 9.17) is 0 Å². The van der Waals surface area contributed by atoms with Crippen molar-refractivity contribution in [3.05, 3.63) is 23.5 Å². The minimum atomic E-state index is -0.0747. The van der Waals surface area contributed by atoms with Gasteiger partial charge in [-0.3, -0.25) is 0 Å². The largest absolute Gasteiger partial charge is 0.205 e. The van der Waals surface area contributed by atoms with Gasteiger partial charge in [-0.25, -0.2) is 4.39 Å². The zero-order valence-electron chi connectivity index (χ0n) is 7.35. The number of hydrogen-bond acceptors (Lipinski definition) is 2. The fraction of sp³-hybridized carbons (Fsp3) is 0.333. The second-order valence-electron chi connectivity index (χ2n) is 2.41. The molecule has 0 radical (unpaired) electrons. The van der Waals surface area contributed by atoms with E-state index in [1.807, 2.05) is 31.6 Å². The van der Waals surface area contributed by atoms with Gasteiger partial charge in [-0.05, 0) is 37.1 Å². The van der Waals surface area contributed by atoms with E-state index in [-0.39, 0.29) is 5.82 Å². The molecule has 0 fully saturated rings. The van der Waals surface area contributed by atoms with Crippen molar-refractivity contribution >= 4 is 23.5 Å². The van der Waals surface area contributed by atoms with Crippen LogP contribution in [0.15, 0.2) is 21.9 Å². The molecule has 0 aliphatic heterocycles. The van der Waals surface area contributed by atoms with Gasteiger partial charge in [-0.15, -0.1) is 23.5 Å². The van der Waals surface area contributed by atoms with Crippen molar-refractivity contribution in [1.29, 1.82) is 0 Å². The van der Waals surface area contributed by atoms with Gasteiger partial charge in [-0.1, -0.05) is 0 Å². The molecule has 0 aliphatic rings. The SMILES string of the molecule is CSc1ccc(SC)c(F)c1C. The van der Waals surface area contributed by atoms with Crippen LogP contribution in [0.2, 0.25) is 0 Å². The molecule has 0 aliphatic carbocycles. The Morgan fingerprint density at radius 3 is 2.08 bits per heavy atom. The molecule has 0 unspecified atom stereocenters. The summed E-state index contributed by atoms with van der Waals surface area (Å²) < 4.78 is 13.4. The second kappa shape index (κ2) is 4.19. The van der Waals surface area contributed by atoms with Crippen molar-refractivity contribution < 1.29 is 4.39 Å². The van der Waals surface area contributed by atoms with Crippen molar-refractivity contribution in [3.8, 4) is 0 Å². The molecule has 0 atom stereocenters. The van der Waals surface area contributed by atoms with E-state index in [1.54, 1.807) is 11.8 Å². The second-order valence-corrected chi connectivity index (χ2v) is 4.11. The molecule has 0 spiro atoms. The zero-order valence-corrected chi connectivity index (χ0v) is 8.98. The maximum atomic E-state index is 13.4. The van der Waals surface area contributed by atoms with E-state index >= 15 is 0 Å². The first-order chi connectivity index (χ1) is 5.70. The van der Waals surface area contributed by atoms with Gasteiger partial charge in [0.05, 0.1) is 0 Å². The van der Waals surface area contributed by atoms with Gasteiger partial charge in [0.15, 0.2) is 0 Å². The Labute approximate surface area is 80.9 Å². The lowest BCUT2D eigenvalue weighted by atomic mass is 10.2. The summed E-state index contributed by atoms with van der Waals surface area (Å²) in [6, 6.07) is 3.80. The molecule has 0 bridgehead atoms. The molecular weight excluding hydrogens is 191 g/mol. The van der Waals surface area contributed by atoms with Crippen molar-refractivity contribution in [3.63, 3.8) is 0 Å². The topological polar surface area (TPSA) is 0 Å². The Kier molecular flexibility index (Phi) is 3.47. The normalized spacial score (nSPS) is 10.3. The summed E-state index contributed by atoms with van der Waals surface area (Å²) in [6.45, 7) is 1.82. The van der Waals surface area contributed by atoms with Crippen LogP contribution in [-0.2, 0) is 0 Å². The maximum Gasteiger partial charge on any atom is 0.140 e. The fourth-order valence-electron chi connectivity index (χ4n) is 1.02. The number of rotatable bonds is 2. The molecule has 1 aromatic carbocycles. The Morgan fingerprint density at radius 1 is 1.08 bits per heavy atom.